The van der Waals surface area contributed by atoms with Gasteiger partial charge in [-0.15, -0.1) is 0 Å². The van der Waals surface area contributed by atoms with E-state index < -0.39 is 0 Å². The fourth-order valence-electron chi connectivity index (χ4n) is 3.37. The molecule has 0 saturated heterocycles. The standard InChI is InChI=1S/C27H30ClNO7/c1-31-17-35-23-13-24(36-18-32-2)26(28)22(16-34-15-20-7-5-4-6-8-20)25(23)27(30)29-14-19-9-11-21(33-3)12-10-19/h4-13H,14-18H2,1-3H3,(H,29,30). The fourth-order valence-corrected chi connectivity index (χ4v) is 3.63. The summed E-state index contributed by atoms with van der Waals surface area (Å²) in [6.07, 6.45) is 0. The number of methoxy groups -OCH3 is 3. The van der Waals surface area contributed by atoms with Crippen LogP contribution in [0.4, 0.5) is 0 Å². The molecular weight excluding hydrogens is 486 g/mol. The van der Waals surface area contributed by atoms with Gasteiger partial charge in [0.25, 0.3) is 5.91 Å². The molecule has 0 unspecified atom stereocenters. The van der Waals surface area contributed by atoms with Gasteiger partial charge >= 0.3 is 0 Å². The van der Waals surface area contributed by atoms with E-state index in [1.807, 2.05) is 54.6 Å². The molecule has 0 bridgehead atoms. The smallest absolute Gasteiger partial charge is 0.255 e. The summed E-state index contributed by atoms with van der Waals surface area (Å²) in [6, 6.07) is 18.7. The number of carbonyl (C=O) groups is 1. The minimum absolute atomic E-state index is 0.0310. The van der Waals surface area contributed by atoms with Crippen LogP contribution in [0.5, 0.6) is 17.2 Å². The largest absolute Gasteiger partial charge is 0.497 e. The third-order valence-corrected chi connectivity index (χ3v) is 5.57. The number of amides is 1. The Labute approximate surface area is 216 Å². The molecule has 0 aliphatic heterocycles. The second kappa shape index (κ2) is 14.3. The lowest BCUT2D eigenvalue weighted by molar-refractivity contribution is 0.0447. The molecule has 0 aliphatic rings. The van der Waals surface area contributed by atoms with Crippen LogP contribution < -0.4 is 19.5 Å². The van der Waals surface area contributed by atoms with Crippen LogP contribution in [-0.2, 0) is 34.0 Å². The maximum Gasteiger partial charge on any atom is 0.255 e. The van der Waals surface area contributed by atoms with Crippen molar-refractivity contribution in [2.75, 3.05) is 34.9 Å². The lowest BCUT2D eigenvalue weighted by Gasteiger charge is -2.20. The highest BCUT2D eigenvalue weighted by atomic mass is 35.5. The second-order valence-corrected chi connectivity index (χ2v) is 8.03. The van der Waals surface area contributed by atoms with Crippen LogP contribution in [0.15, 0.2) is 60.7 Å². The summed E-state index contributed by atoms with van der Waals surface area (Å²) in [7, 11) is 4.59. The number of rotatable bonds is 14. The van der Waals surface area contributed by atoms with Gasteiger partial charge in [-0.1, -0.05) is 54.1 Å². The first-order valence-corrected chi connectivity index (χ1v) is 11.6. The van der Waals surface area contributed by atoms with Crippen molar-refractivity contribution in [2.45, 2.75) is 19.8 Å². The number of carbonyl (C=O) groups excluding carboxylic acids is 1. The number of halogens is 1. The summed E-state index contributed by atoms with van der Waals surface area (Å²) in [5.41, 5.74) is 2.56. The first-order valence-electron chi connectivity index (χ1n) is 11.2. The Hall–Kier alpha value is -3.30. The number of hydrogen-bond acceptors (Lipinski definition) is 7. The SMILES string of the molecule is COCOc1cc(OCOC)c(C(=O)NCc2ccc(OC)cc2)c(COCc2ccccc2)c1Cl. The minimum atomic E-state index is -0.379. The van der Waals surface area contributed by atoms with Crippen LogP contribution >= 0.6 is 11.6 Å². The second-order valence-electron chi connectivity index (χ2n) is 7.65. The summed E-state index contributed by atoms with van der Waals surface area (Å²) in [6.45, 7) is 0.565. The van der Waals surface area contributed by atoms with Gasteiger partial charge in [-0.05, 0) is 23.3 Å². The van der Waals surface area contributed by atoms with E-state index in [0.29, 0.717) is 17.9 Å². The van der Waals surface area contributed by atoms with E-state index in [2.05, 4.69) is 5.32 Å². The molecule has 0 spiro atoms. The minimum Gasteiger partial charge on any atom is -0.497 e. The molecule has 0 aromatic heterocycles. The normalized spacial score (nSPS) is 10.7. The molecule has 1 N–H and O–H groups in total. The molecule has 9 heteroatoms. The van der Waals surface area contributed by atoms with Crippen LogP contribution in [0, 0.1) is 0 Å². The quantitative estimate of drug-likeness (QED) is 0.304. The van der Waals surface area contributed by atoms with Gasteiger partial charge in [-0.25, -0.2) is 0 Å². The molecule has 0 saturated carbocycles. The van der Waals surface area contributed by atoms with Gasteiger partial charge in [0.05, 0.1) is 30.9 Å². The molecule has 3 aromatic carbocycles. The van der Waals surface area contributed by atoms with Crippen molar-refractivity contribution < 1.29 is 33.2 Å². The van der Waals surface area contributed by atoms with Crippen LogP contribution in [0.2, 0.25) is 5.02 Å². The van der Waals surface area contributed by atoms with Crippen molar-refractivity contribution in [3.05, 3.63) is 87.9 Å². The average Bonchev–Trinajstić information content (AvgIpc) is 2.91. The van der Waals surface area contributed by atoms with Gasteiger partial charge in [0, 0.05) is 32.4 Å². The van der Waals surface area contributed by atoms with E-state index >= 15 is 0 Å². The zero-order valence-electron chi connectivity index (χ0n) is 20.5. The van der Waals surface area contributed by atoms with Gasteiger partial charge in [0.2, 0.25) is 0 Å². The third kappa shape index (κ3) is 7.60. The molecule has 0 aliphatic carbocycles. The van der Waals surface area contributed by atoms with E-state index in [-0.39, 0.29) is 49.0 Å². The summed E-state index contributed by atoms with van der Waals surface area (Å²) in [5.74, 6) is 0.902. The van der Waals surface area contributed by atoms with Gasteiger partial charge in [0.1, 0.15) is 17.2 Å². The topological polar surface area (TPSA) is 84.5 Å². The predicted molar refractivity (Wildman–Crippen MR) is 136 cm³/mol. The average molecular weight is 516 g/mol. The van der Waals surface area contributed by atoms with E-state index in [1.165, 1.54) is 14.2 Å². The predicted octanol–water partition coefficient (Wildman–Crippen LogP) is 4.96. The lowest BCUT2D eigenvalue weighted by Crippen LogP contribution is -2.25. The highest BCUT2D eigenvalue weighted by Gasteiger charge is 2.25. The summed E-state index contributed by atoms with van der Waals surface area (Å²) >= 11 is 6.69. The third-order valence-electron chi connectivity index (χ3n) is 5.15. The van der Waals surface area contributed by atoms with Crippen molar-refractivity contribution >= 4 is 17.5 Å². The Morgan fingerprint density at radius 3 is 2.14 bits per heavy atom. The highest BCUT2D eigenvalue weighted by molar-refractivity contribution is 6.33. The number of benzene rings is 3. The molecule has 3 aromatic rings. The van der Waals surface area contributed by atoms with E-state index in [1.54, 1.807) is 13.2 Å². The summed E-state index contributed by atoms with van der Waals surface area (Å²) in [5, 5.41) is 3.16. The highest BCUT2D eigenvalue weighted by Crippen LogP contribution is 2.38. The molecule has 36 heavy (non-hydrogen) atoms. The fraction of sp³-hybridized carbons (Fsp3) is 0.296. The van der Waals surface area contributed by atoms with E-state index in [4.69, 9.17) is 40.0 Å². The van der Waals surface area contributed by atoms with Gasteiger partial charge < -0.3 is 33.7 Å². The Balaban J connectivity index is 1.90. The molecule has 0 heterocycles. The van der Waals surface area contributed by atoms with Crippen molar-refractivity contribution in [3.8, 4) is 17.2 Å². The zero-order chi connectivity index (χ0) is 25.8. The summed E-state index contributed by atoms with van der Waals surface area (Å²) < 4.78 is 32.6. The number of hydrogen-bond donors (Lipinski definition) is 1. The first kappa shape index (κ1) is 27.3. The van der Waals surface area contributed by atoms with E-state index in [9.17, 15) is 4.79 Å². The van der Waals surface area contributed by atoms with Gasteiger partial charge in [-0.3, -0.25) is 4.79 Å². The molecule has 0 radical (unpaired) electrons. The maximum atomic E-state index is 13.4. The molecule has 8 nitrogen and oxygen atoms in total. The molecule has 0 atom stereocenters. The van der Waals surface area contributed by atoms with Crippen LogP contribution in [-0.4, -0.2) is 40.8 Å². The van der Waals surface area contributed by atoms with Crippen LogP contribution in [0.3, 0.4) is 0 Å². The van der Waals surface area contributed by atoms with Crippen molar-refractivity contribution in [1.29, 1.82) is 0 Å². The number of nitrogens with one attached hydrogen (secondary N) is 1. The van der Waals surface area contributed by atoms with Crippen molar-refractivity contribution in [3.63, 3.8) is 0 Å². The van der Waals surface area contributed by atoms with Gasteiger partial charge in [-0.2, -0.15) is 0 Å². The van der Waals surface area contributed by atoms with Crippen molar-refractivity contribution in [1.82, 2.24) is 5.32 Å². The molecule has 192 valence electrons. The van der Waals surface area contributed by atoms with Crippen molar-refractivity contribution in [2.24, 2.45) is 0 Å². The maximum absolute atomic E-state index is 13.4. The van der Waals surface area contributed by atoms with Crippen LogP contribution in [0.1, 0.15) is 27.0 Å². The number of ether oxygens (including phenoxy) is 6. The molecule has 3 rings (SSSR count). The molecular formula is C27H30ClNO7. The zero-order valence-corrected chi connectivity index (χ0v) is 21.3. The van der Waals surface area contributed by atoms with E-state index in [0.717, 1.165) is 16.9 Å². The Morgan fingerprint density at radius 2 is 1.50 bits per heavy atom. The lowest BCUT2D eigenvalue weighted by atomic mass is 10.0. The Morgan fingerprint density at radius 1 is 0.833 bits per heavy atom. The monoisotopic (exact) mass is 515 g/mol. The Kier molecular flexibility index (Phi) is 10.8. The van der Waals surface area contributed by atoms with Crippen LogP contribution in [0.25, 0.3) is 0 Å². The molecule has 1 amide bonds. The summed E-state index contributed by atoms with van der Waals surface area (Å²) in [4.78, 5) is 13.4. The Bertz CT molecular complexity index is 1110. The molecule has 0 fully saturated rings. The first-order chi connectivity index (χ1) is 17.6. The van der Waals surface area contributed by atoms with Gasteiger partial charge in [0.15, 0.2) is 13.6 Å².